The fourth-order valence-corrected chi connectivity index (χ4v) is 1.55. The molecule has 0 aromatic heterocycles. The maximum Gasteiger partial charge on any atom is 0.422 e. The molecule has 8 heteroatoms. The fourth-order valence-electron chi connectivity index (χ4n) is 1.06. The molecular formula is C9H9F3O4S. The van der Waals surface area contributed by atoms with Gasteiger partial charge in [-0.2, -0.15) is 21.6 Å². The quantitative estimate of drug-likeness (QED) is 0.855. The summed E-state index contributed by atoms with van der Waals surface area (Å²) in [5, 5.41) is 0. The second-order valence-electron chi connectivity index (χ2n) is 3.31. The lowest BCUT2D eigenvalue weighted by atomic mass is 10.2. The molecular weight excluding hydrogens is 261 g/mol. The molecule has 0 heterocycles. The first kappa shape index (κ1) is 13.8. The highest BCUT2D eigenvalue weighted by molar-refractivity contribution is 7.85. The van der Waals surface area contributed by atoms with Gasteiger partial charge in [0.05, 0.1) is 4.90 Å². The van der Waals surface area contributed by atoms with Crippen LogP contribution < -0.4 is 4.74 Å². The number of rotatable bonds is 3. The summed E-state index contributed by atoms with van der Waals surface area (Å²) in [7, 11) is -4.46. The van der Waals surface area contributed by atoms with E-state index in [0.717, 1.165) is 12.1 Å². The van der Waals surface area contributed by atoms with Crippen molar-refractivity contribution in [3.05, 3.63) is 23.8 Å². The molecule has 0 saturated heterocycles. The van der Waals surface area contributed by atoms with Crippen LogP contribution in [0, 0.1) is 6.92 Å². The van der Waals surface area contributed by atoms with Gasteiger partial charge in [-0.15, -0.1) is 0 Å². The molecule has 17 heavy (non-hydrogen) atoms. The highest BCUT2D eigenvalue weighted by Crippen LogP contribution is 2.24. The van der Waals surface area contributed by atoms with E-state index in [1.807, 2.05) is 0 Å². The van der Waals surface area contributed by atoms with Crippen molar-refractivity contribution >= 4 is 10.1 Å². The summed E-state index contributed by atoms with van der Waals surface area (Å²) in [6.45, 7) is -0.0672. The van der Waals surface area contributed by atoms with Crippen LogP contribution in [0.25, 0.3) is 0 Å². The SMILES string of the molecule is Cc1ccc(S(=O)(=O)O)cc1OCC(F)(F)F. The van der Waals surface area contributed by atoms with E-state index in [2.05, 4.69) is 4.74 Å². The smallest absolute Gasteiger partial charge is 0.422 e. The summed E-state index contributed by atoms with van der Waals surface area (Å²) < 4.78 is 70.5. The largest absolute Gasteiger partial charge is 0.484 e. The molecule has 1 N–H and O–H groups in total. The normalized spacial score (nSPS) is 12.5. The minimum atomic E-state index is -4.51. The Morgan fingerprint density at radius 1 is 1.35 bits per heavy atom. The topological polar surface area (TPSA) is 63.6 Å². The molecule has 0 bridgehead atoms. The van der Waals surface area contributed by atoms with Gasteiger partial charge in [-0.1, -0.05) is 6.07 Å². The molecule has 0 radical (unpaired) electrons. The van der Waals surface area contributed by atoms with Crippen molar-refractivity contribution < 1.29 is 30.9 Å². The Morgan fingerprint density at radius 3 is 2.41 bits per heavy atom. The first-order valence-corrected chi connectivity index (χ1v) is 5.81. The lowest BCUT2D eigenvalue weighted by Gasteiger charge is -2.11. The first-order valence-electron chi connectivity index (χ1n) is 4.37. The molecule has 0 aliphatic heterocycles. The Morgan fingerprint density at radius 2 is 1.94 bits per heavy atom. The predicted octanol–water partition coefficient (Wildman–Crippen LogP) is 2.18. The number of hydrogen-bond acceptors (Lipinski definition) is 3. The summed E-state index contributed by atoms with van der Waals surface area (Å²) >= 11 is 0. The molecule has 0 spiro atoms. The zero-order valence-electron chi connectivity index (χ0n) is 8.65. The summed E-state index contributed by atoms with van der Waals surface area (Å²) in [5.41, 5.74) is 0.335. The zero-order chi connectivity index (χ0) is 13.3. The van der Waals surface area contributed by atoms with Gasteiger partial charge in [0.1, 0.15) is 5.75 Å². The van der Waals surface area contributed by atoms with Crippen molar-refractivity contribution in [2.24, 2.45) is 0 Å². The maximum absolute atomic E-state index is 11.9. The van der Waals surface area contributed by atoms with Crippen LogP contribution >= 0.6 is 0 Å². The number of alkyl halides is 3. The highest BCUT2D eigenvalue weighted by Gasteiger charge is 2.28. The summed E-state index contributed by atoms with van der Waals surface area (Å²) in [4.78, 5) is -0.514. The lowest BCUT2D eigenvalue weighted by molar-refractivity contribution is -0.153. The van der Waals surface area contributed by atoms with E-state index in [1.54, 1.807) is 0 Å². The van der Waals surface area contributed by atoms with Crippen LogP contribution in [-0.2, 0) is 10.1 Å². The van der Waals surface area contributed by atoms with E-state index in [9.17, 15) is 21.6 Å². The van der Waals surface area contributed by atoms with Gasteiger partial charge in [0, 0.05) is 6.07 Å². The Kier molecular flexibility index (Phi) is 3.68. The van der Waals surface area contributed by atoms with Gasteiger partial charge in [-0.25, -0.2) is 0 Å². The van der Waals surface area contributed by atoms with Gasteiger partial charge in [-0.3, -0.25) is 4.55 Å². The number of hydrogen-bond donors (Lipinski definition) is 1. The van der Waals surface area contributed by atoms with Crippen molar-refractivity contribution in [3.63, 3.8) is 0 Å². The molecule has 0 saturated carbocycles. The van der Waals surface area contributed by atoms with Crippen LogP contribution in [0.4, 0.5) is 13.2 Å². The van der Waals surface area contributed by atoms with Crippen LogP contribution in [-0.4, -0.2) is 25.8 Å². The third kappa shape index (κ3) is 4.23. The molecule has 96 valence electrons. The van der Waals surface area contributed by atoms with E-state index >= 15 is 0 Å². The third-order valence-electron chi connectivity index (χ3n) is 1.85. The molecule has 4 nitrogen and oxygen atoms in total. The second kappa shape index (κ2) is 4.53. The molecule has 0 atom stereocenters. The van der Waals surface area contributed by atoms with Crippen molar-refractivity contribution in [2.45, 2.75) is 18.0 Å². The van der Waals surface area contributed by atoms with E-state index in [4.69, 9.17) is 4.55 Å². The minimum absolute atomic E-state index is 0.238. The summed E-state index contributed by atoms with van der Waals surface area (Å²) in [6, 6.07) is 3.16. The molecule has 0 aliphatic rings. The van der Waals surface area contributed by atoms with Gasteiger partial charge >= 0.3 is 6.18 Å². The standard InChI is InChI=1S/C9H9F3O4S/c1-6-2-3-7(17(13,14)15)4-8(6)16-5-9(10,11)12/h2-4H,5H2,1H3,(H,13,14,15). The molecule has 1 rings (SSSR count). The monoisotopic (exact) mass is 270 g/mol. The van der Waals surface area contributed by atoms with E-state index in [-0.39, 0.29) is 5.75 Å². The molecule has 0 amide bonds. The Labute approximate surface area is 95.8 Å². The summed E-state index contributed by atoms with van der Waals surface area (Å²) in [5.74, 6) is -0.238. The van der Waals surface area contributed by atoms with Crippen LogP contribution in [0.3, 0.4) is 0 Å². The molecule has 0 unspecified atom stereocenters. The number of ether oxygens (including phenoxy) is 1. The average molecular weight is 270 g/mol. The van der Waals surface area contributed by atoms with Crippen molar-refractivity contribution in [1.29, 1.82) is 0 Å². The van der Waals surface area contributed by atoms with Crippen LogP contribution in [0.15, 0.2) is 23.1 Å². The number of benzene rings is 1. The Bertz CT molecular complexity index is 507. The summed E-state index contributed by atoms with van der Waals surface area (Å²) in [6.07, 6.45) is -4.51. The van der Waals surface area contributed by atoms with Crippen LogP contribution in [0.1, 0.15) is 5.56 Å². The van der Waals surface area contributed by atoms with Gasteiger partial charge < -0.3 is 4.74 Å². The number of aryl methyl sites for hydroxylation is 1. The van der Waals surface area contributed by atoms with Crippen molar-refractivity contribution in [1.82, 2.24) is 0 Å². The van der Waals surface area contributed by atoms with Gasteiger partial charge in [0.15, 0.2) is 6.61 Å². The third-order valence-corrected chi connectivity index (χ3v) is 2.70. The second-order valence-corrected chi connectivity index (χ2v) is 4.73. The Hall–Kier alpha value is -1.28. The molecule has 0 aliphatic carbocycles. The number of halogens is 3. The van der Waals surface area contributed by atoms with Crippen LogP contribution in [0.5, 0.6) is 5.75 Å². The Balaban J connectivity index is 3.00. The van der Waals surface area contributed by atoms with Gasteiger partial charge in [0.25, 0.3) is 10.1 Å². The molecule has 1 aromatic rings. The van der Waals surface area contributed by atoms with Crippen molar-refractivity contribution in [2.75, 3.05) is 6.61 Å². The van der Waals surface area contributed by atoms with E-state index < -0.39 is 27.8 Å². The minimum Gasteiger partial charge on any atom is -0.484 e. The van der Waals surface area contributed by atoms with E-state index in [0.29, 0.717) is 5.56 Å². The molecule has 0 fully saturated rings. The van der Waals surface area contributed by atoms with Gasteiger partial charge in [-0.05, 0) is 18.6 Å². The fraction of sp³-hybridized carbons (Fsp3) is 0.333. The predicted molar refractivity (Wildman–Crippen MR) is 52.5 cm³/mol. The molecule has 1 aromatic carbocycles. The van der Waals surface area contributed by atoms with Crippen LogP contribution in [0.2, 0.25) is 0 Å². The average Bonchev–Trinajstić information content (AvgIpc) is 2.13. The van der Waals surface area contributed by atoms with Gasteiger partial charge in [0.2, 0.25) is 0 Å². The van der Waals surface area contributed by atoms with Crippen molar-refractivity contribution in [3.8, 4) is 5.75 Å². The van der Waals surface area contributed by atoms with E-state index in [1.165, 1.54) is 13.0 Å². The highest BCUT2D eigenvalue weighted by atomic mass is 32.2. The maximum atomic E-state index is 11.9. The zero-order valence-corrected chi connectivity index (χ0v) is 9.47. The lowest BCUT2D eigenvalue weighted by Crippen LogP contribution is -2.19. The first-order chi connectivity index (χ1) is 7.59.